The highest BCUT2D eigenvalue weighted by Gasteiger charge is 2.22. The van der Waals surface area contributed by atoms with Gasteiger partial charge >= 0.3 is 0 Å². The first-order valence-electron chi connectivity index (χ1n) is 12.5. The minimum absolute atomic E-state index is 0.370. The summed E-state index contributed by atoms with van der Waals surface area (Å²) in [6.45, 7) is 3.85. The van der Waals surface area contributed by atoms with E-state index in [1.54, 1.807) is 6.21 Å². The largest absolute Gasteiger partial charge is 0.341 e. The van der Waals surface area contributed by atoms with Gasteiger partial charge in [0, 0.05) is 29.4 Å². The number of nitrogens with one attached hydrogen (secondary N) is 2. The van der Waals surface area contributed by atoms with Gasteiger partial charge in [-0.1, -0.05) is 77.8 Å². The molecule has 2 N–H and O–H groups in total. The fourth-order valence-electron chi connectivity index (χ4n) is 4.40. The SMILES string of the molecule is Cc1ccc(Nc2nc(N/N=C\c3ccccc3Cl)nc(N3CCC(Cc4ccccc4)CC3)n2)cc1. The van der Waals surface area contributed by atoms with Crippen molar-refractivity contribution in [3.05, 3.63) is 101 Å². The quantitative estimate of drug-likeness (QED) is 0.208. The van der Waals surface area contributed by atoms with Gasteiger partial charge in [-0.05, 0) is 55.9 Å². The van der Waals surface area contributed by atoms with Gasteiger partial charge in [0.25, 0.3) is 0 Å². The normalized spacial score (nSPS) is 14.2. The van der Waals surface area contributed by atoms with Crippen molar-refractivity contribution in [1.82, 2.24) is 15.0 Å². The topological polar surface area (TPSA) is 78.3 Å². The van der Waals surface area contributed by atoms with Crippen molar-refractivity contribution in [3.8, 4) is 0 Å². The van der Waals surface area contributed by atoms with Crippen LogP contribution < -0.4 is 15.6 Å². The molecule has 0 radical (unpaired) electrons. The van der Waals surface area contributed by atoms with Crippen LogP contribution in [0.2, 0.25) is 5.02 Å². The summed E-state index contributed by atoms with van der Waals surface area (Å²) in [7, 11) is 0. The predicted molar refractivity (Wildman–Crippen MR) is 152 cm³/mol. The number of hydrazone groups is 1. The predicted octanol–water partition coefficient (Wildman–Crippen LogP) is 6.48. The van der Waals surface area contributed by atoms with Crippen molar-refractivity contribution in [2.75, 3.05) is 28.7 Å². The molecule has 8 heteroatoms. The monoisotopic (exact) mass is 511 g/mol. The molecule has 37 heavy (non-hydrogen) atoms. The van der Waals surface area contributed by atoms with Gasteiger partial charge in [0.05, 0.1) is 6.21 Å². The van der Waals surface area contributed by atoms with Crippen LogP contribution >= 0.6 is 11.6 Å². The van der Waals surface area contributed by atoms with E-state index in [0.717, 1.165) is 43.6 Å². The third kappa shape index (κ3) is 6.83. The van der Waals surface area contributed by atoms with Crippen molar-refractivity contribution in [2.24, 2.45) is 11.0 Å². The molecule has 7 nitrogen and oxygen atoms in total. The third-order valence-corrected chi connectivity index (χ3v) is 6.81. The average Bonchev–Trinajstić information content (AvgIpc) is 2.92. The molecule has 3 aromatic carbocycles. The highest BCUT2D eigenvalue weighted by Crippen LogP contribution is 2.26. The van der Waals surface area contributed by atoms with Crippen LogP contribution in [0.5, 0.6) is 0 Å². The Bertz CT molecular complexity index is 1330. The Balaban J connectivity index is 1.32. The van der Waals surface area contributed by atoms with Crippen molar-refractivity contribution >= 4 is 41.3 Å². The van der Waals surface area contributed by atoms with E-state index >= 15 is 0 Å². The first-order chi connectivity index (χ1) is 18.1. The highest BCUT2D eigenvalue weighted by molar-refractivity contribution is 6.33. The summed E-state index contributed by atoms with van der Waals surface area (Å²) >= 11 is 6.25. The maximum Gasteiger partial charge on any atom is 0.250 e. The number of hydrogen-bond donors (Lipinski definition) is 2. The molecule has 1 fully saturated rings. The van der Waals surface area contributed by atoms with E-state index in [2.05, 4.69) is 80.1 Å². The Morgan fingerprint density at radius 1 is 0.892 bits per heavy atom. The van der Waals surface area contributed by atoms with Crippen LogP contribution in [-0.2, 0) is 6.42 Å². The zero-order valence-electron chi connectivity index (χ0n) is 20.8. The van der Waals surface area contributed by atoms with Crippen LogP contribution in [0.3, 0.4) is 0 Å². The summed E-state index contributed by atoms with van der Waals surface area (Å²) in [5.74, 6) is 2.13. The van der Waals surface area contributed by atoms with Gasteiger partial charge < -0.3 is 10.2 Å². The fraction of sp³-hybridized carbons (Fsp3) is 0.241. The summed E-state index contributed by atoms with van der Waals surface area (Å²) in [5.41, 5.74) is 7.27. The second kappa shape index (κ2) is 11.8. The van der Waals surface area contributed by atoms with Crippen LogP contribution in [-0.4, -0.2) is 34.3 Å². The maximum absolute atomic E-state index is 6.25. The second-order valence-corrected chi connectivity index (χ2v) is 9.69. The Kier molecular flexibility index (Phi) is 7.91. The minimum Gasteiger partial charge on any atom is -0.341 e. The molecule has 0 amide bonds. The molecule has 1 aromatic heterocycles. The van der Waals surface area contributed by atoms with Crippen molar-refractivity contribution < 1.29 is 0 Å². The Morgan fingerprint density at radius 2 is 1.59 bits per heavy atom. The van der Waals surface area contributed by atoms with Crippen LogP contribution in [0, 0.1) is 12.8 Å². The number of aryl methyl sites for hydroxylation is 1. The first-order valence-corrected chi connectivity index (χ1v) is 12.9. The van der Waals surface area contributed by atoms with Gasteiger partial charge in [0.1, 0.15) is 0 Å². The van der Waals surface area contributed by atoms with Gasteiger partial charge in [0.2, 0.25) is 17.8 Å². The van der Waals surface area contributed by atoms with Gasteiger partial charge in [-0.2, -0.15) is 20.1 Å². The Morgan fingerprint density at radius 3 is 2.35 bits per heavy atom. The molecule has 5 rings (SSSR count). The smallest absolute Gasteiger partial charge is 0.250 e. The third-order valence-electron chi connectivity index (χ3n) is 6.47. The minimum atomic E-state index is 0.370. The van der Waals surface area contributed by atoms with E-state index in [-0.39, 0.29) is 0 Å². The first kappa shape index (κ1) is 24.7. The average molecular weight is 512 g/mol. The van der Waals surface area contributed by atoms with Crippen molar-refractivity contribution in [1.29, 1.82) is 0 Å². The number of anilines is 4. The molecule has 1 aliphatic heterocycles. The molecular formula is C29H30ClN7. The van der Waals surface area contributed by atoms with E-state index in [1.165, 1.54) is 11.1 Å². The van der Waals surface area contributed by atoms with Crippen LogP contribution in [0.25, 0.3) is 0 Å². The summed E-state index contributed by atoms with van der Waals surface area (Å²) in [6, 6.07) is 26.4. The van der Waals surface area contributed by atoms with Crippen LogP contribution in [0.15, 0.2) is 84.0 Å². The molecule has 1 aliphatic rings. The van der Waals surface area contributed by atoms with Crippen LogP contribution in [0.4, 0.5) is 23.5 Å². The summed E-state index contributed by atoms with van der Waals surface area (Å²) in [6.07, 6.45) is 4.95. The van der Waals surface area contributed by atoms with Crippen molar-refractivity contribution in [3.63, 3.8) is 0 Å². The van der Waals surface area contributed by atoms with E-state index in [9.17, 15) is 0 Å². The standard InChI is InChI=1S/C29H30ClN7/c1-21-11-13-25(14-12-21)32-27-33-28(36-31-20-24-9-5-6-10-26(24)30)35-29(34-27)37-17-15-23(16-18-37)19-22-7-3-2-4-8-22/h2-14,20,23H,15-19H2,1H3,(H2,32,33,34,35,36)/b31-20-. The van der Waals surface area contributed by atoms with Gasteiger partial charge in [-0.25, -0.2) is 5.43 Å². The number of nitrogens with zero attached hydrogens (tertiary/aromatic N) is 5. The molecule has 0 bridgehead atoms. The number of hydrogen-bond acceptors (Lipinski definition) is 7. The van der Waals surface area contributed by atoms with E-state index in [4.69, 9.17) is 16.6 Å². The molecule has 0 saturated carbocycles. The van der Waals surface area contributed by atoms with Crippen molar-refractivity contribution in [2.45, 2.75) is 26.2 Å². The number of halogens is 1. The zero-order valence-corrected chi connectivity index (χ0v) is 21.6. The molecule has 1 saturated heterocycles. The Hall–Kier alpha value is -3.97. The summed E-state index contributed by atoms with van der Waals surface area (Å²) in [5, 5.41) is 8.26. The number of benzene rings is 3. The summed E-state index contributed by atoms with van der Waals surface area (Å²) < 4.78 is 0. The number of aromatic nitrogens is 3. The van der Waals surface area contributed by atoms with E-state index in [1.807, 2.05) is 36.4 Å². The Labute approximate surface area is 222 Å². The molecule has 2 heterocycles. The molecule has 4 aromatic rings. The van der Waals surface area contributed by atoms with Gasteiger partial charge in [-0.15, -0.1) is 0 Å². The lowest BCUT2D eigenvalue weighted by atomic mass is 9.90. The molecule has 0 spiro atoms. The second-order valence-electron chi connectivity index (χ2n) is 9.29. The molecule has 0 atom stereocenters. The zero-order chi connectivity index (χ0) is 25.5. The van der Waals surface area contributed by atoms with Gasteiger partial charge in [0.15, 0.2) is 0 Å². The van der Waals surface area contributed by atoms with E-state index < -0.39 is 0 Å². The molecular weight excluding hydrogens is 482 g/mol. The molecule has 0 aliphatic carbocycles. The van der Waals surface area contributed by atoms with E-state index in [0.29, 0.717) is 28.8 Å². The molecule has 188 valence electrons. The number of piperidine rings is 1. The maximum atomic E-state index is 6.25. The number of rotatable bonds is 8. The molecule has 0 unspecified atom stereocenters. The lowest BCUT2D eigenvalue weighted by Crippen LogP contribution is -2.35. The fourth-order valence-corrected chi connectivity index (χ4v) is 4.59. The highest BCUT2D eigenvalue weighted by atomic mass is 35.5. The summed E-state index contributed by atoms with van der Waals surface area (Å²) in [4.78, 5) is 16.2. The van der Waals surface area contributed by atoms with Crippen LogP contribution in [0.1, 0.15) is 29.5 Å². The lowest BCUT2D eigenvalue weighted by Gasteiger charge is -2.32. The lowest BCUT2D eigenvalue weighted by molar-refractivity contribution is 0.400. The van der Waals surface area contributed by atoms with Gasteiger partial charge in [-0.3, -0.25) is 0 Å².